The number of fused-ring (bicyclic) bond motifs is 9. The lowest BCUT2D eigenvalue weighted by Gasteiger charge is -2.27. The Hall–Kier alpha value is -12.2. The SMILES string of the molecule is C=N/C=C\C(=C/C)c1c(-c2ccc(-n3c4ccc(C)cc4c4cc(C)ccc43)cc2)c(C#N)c(-c2ccc(-n3c4ccc(C)cc4c4cc(C)ccc43)cc2)c(-c2ccc(-n3c4ccc(C)cc4c4cc(C)ccc43)cc2)c1-c1cc(-c2ccccc2)nc(-c2ccccc2)c1. The van der Waals surface area contributed by atoms with Crippen LogP contribution in [0.2, 0.25) is 0 Å². The normalized spacial score (nSPS) is 12.0. The minimum atomic E-state index is 0.534. The summed E-state index contributed by atoms with van der Waals surface area (Å²) >= 11 is 0. The van der Waals surface area contributed by atoms with Gasteiger partial charge in [0.05, 0.1) is 50.1 Å². The Labute approximate surface area is 559 Å². The summed E-state index contributed by atoms with van der Waals surface area (Å²) in [4.78, 5) is 9.86. The summed E-state index contributed by atoms with van der Waals surface area (Å²) in [6.45, 7) is 19.0. The zero-order valence-electron chi connectivity index (χ0n) is 54.9. The molecule has 0 fully saturated rings. The van der Waals surface area contributed by atoms with Crippen molar-refractivity contribution in [3.05, 3.63) is 318 Å². The summed E-state index contributed by atoms with van der Waals surface area (Å²) in [6.07, 6.45) is 5.93. The van der Waals surface area contributed by atoms with Crippen LogP contribution in [0.4, 0.5) is 0 Å². The Morgan fingerprint density at radius 1 is 0.365 bits per heavy atom. The summed E-state index contributed by atoms with van der Waals surface area (Å²) in [5.74, 6) is 0. The third kappa shape index (κ3) is 9.95. The van der Waals surface area contributed by atoms with E-state index in [0.29, 0.717) is 5.56 Å². The molecule has 0 amide bonds. The number of nitriles is 1. The van der Waals surface area contributed by atoms with Crippen molar-refractivity contribution in [1.82, 2.24) is 18.7 Å². The highest BCUT2D eigenvalue weighted by Crippen LogP contribution is 2.53. The molecule has 16 aromatic rings. The standard InChI is InChI=1S/C90H68N6/c1-9-61(44-45-92-8)88-86(64-26-32-68(33-27-64)94-80-38-20-55(2)46-71(80)72-47-56(3)21-39-81(72)94)77(54-91)87(65-28-34-69(35-29-65)95-82-40-22-57(4)48-73(82)74-49-58(5)23-41-83(74)95)89(90(88)67-52-78(62-16-12-10-13-17-62)93-79(53-67)63-18-14-11-15-19-63)66-30-36-70(37-31-66)96-84-42-24-59(6)50-75(84)76-51-60(7)25-43-85(76)96/h9-53H,8H2,1-7H3/b45-44-,61-9+. The number of benzene rings is 12. The summed E-state index contributed by atoms with van der Waals surface area (Å²) < 4.78 is 7.13. The molecule has 0 saturated carbocycles. The maximum atomic E-state index is 12.6. The van der Waals surface area contributed by atoms with Crippen molar-refractivity contribution >= 4 is 77.7 Å². The van der Waals surface area contributed by atoms with Crippen LogP contribution in [-0.4, -0.2) is 25.4 Å². The molecule has 4 heterocycles. The fourth-order valence-electron chi connectivity index (χ4n) is 14.9. The number of pyridine rings is 1. The van der Waals surface area contributed by atoms with Crippen molar-refractivity contribution in [2.24, 2.45) is 4.99 Å². The van der Waals surface area contributed by atoms with Crippen molar-refractivity contribution in [3.8, 4) is 90.2 Å². The van der Waals surface area contributed by atoms with E-state index in [1.54, 1.807) is 6.20 Å². The summed E-state index contributed by atoms with van der Waals surface area (Å²) in [6, 6.07) is 95.6. The summed E-state index contributed by atoms with van der Waals surface area (Å²) in [5, 5.41) is 19.9. The van der Waals surface area contributed by atoms with Gasteiger partial charge in [0.1, 0.15) is 6.07 Å². The van der Waals surface area contributed by atoms with Gasteiger partial charge in [-0.3, -0.25) is 4.99 Å². The molecule has 4 aromatic heterocycles. The first-order chi connectivity index (χ1) is 46.9. The van der Waals surface area contributed by atoms with Crippen LogP contribution in [0.1, 0.15) is 51.4 Å². The van der Waals surface area contributed by atoms with Gasteiger partial charge in [-0.1, -0.05) is 173 Å². The van der Waals surface area contributed by atoms with E-state index in [4.69, 9.17) is 4.98 Å². The highest BCUT2D eigenvalue weighted by molar-refractivity contribution is 6.14. The zero-order valence-corrected chi connectivity index (χ0v) is 54.9. The number of rotatable bonds is 12. The first-order valence-corrected chi connectivity index (χ1v) is 32.9. The highest BCUT2D eigenvalue weighted by Gasteiger charge is 2.31. The number of hydrogen-bond acceptors (Lipinski definition) is 3. The molecule has 0 spiro atoms. The molecule has 0 aliphatic rings. The van der Waals surface area contributed by atoms with Crippen LogP contribution in [0, 0.1) is 52.9 Å². The molecule has 0 aliphatic heterocycles. The molecular formula is C90H68N6. The number of nitrogens with zero attached hydrogens (tertiary/aromatic N) is 6. The quantitative estimate of drug-likeness (QED) is 0.0904. The topological polar surface area (TPSA) is 63.8 Å². The Morgan fingerprint density at radius 3 is 1.00 bits per heavy atom. The van der Waals surface area contributed by atoms with Gasteiger partial charge >= 0.3 is 0 Å². The van der Waals surface area contributed by atoms with Crippen LogP contribution in [0.25, 0.3) is 155 Å². The lowest BCUT2D eigenvalue weighted by Crippen LogP contribution is -2.05. The van der Waals surface area contributed by atoms with Crippen molar-refractivity contribution < 1.29 is 0 Å². The van der Waals surface area contributed by atoms with Gasteiger partial charge in [0.2, 0.25) is 0 Å². The highest BCUT2D eigenvalue weighted by atomic mass is 15.0. The van der Waals surface area contributed by atoms with E-state index < -0.39 is 0 Å². The average Bonchev–Trinajstić information content (AvgIpc) is 1.02. The van der Waals surface area contributed by atoms with E-state index in [-0.39, 0.29) is 0 Å². The Kier molecular flexibility index (Phi) is 14.6. The minimum absolute atomic E-state index is 0.534. The Morgan fingerprint density at radius 2 is 0.688 bits per heavy atom. The molecule has 0 saturated heterocycles. The Bertz CT molecular complexity index is 5710. The van der Waals surface area contributed by atoms with Crippen molar-refractivity contribution in [2.45, 2.75) is 48.5 Å². The van der Waals surface area contributed by atoms with Gasteiger partial charge in [0, 0.05) is 77.8 Å². The molecule has 0 atom stereocenters. The van der Waals surface area contributed by atoms with Gasteiger partial charge in [-0.05, 0) is 227 Å². The number of aryl methyl sites for hydroxylation is 6. The van der Waals surface area contributed by atoms with Gasteiger partial charge in [0.15, 0.2) is 0 Å². The maximum Gasteiger partial charge on any atom is 0.100 e. The van der Waals surface area contributed by atoms with Crippen LogP contribution in [0.15, 0.2) is 278 Å². The van der Waals surface area contributed by atoms with Crippen LogP contribution >= 0.6 is 0 Å². The lowest BCUT2D eigenvalue weighted by atomic mass is 9.75. The zero-order chi connectivity index (χ0) is 65.5. The fraction of sp³-hybridized carbons (Fsp3) is 0.0778. The number of allylic oxidation sites excluding steroid dienone is 3. The fourth-order valence-corrected chi connectivity index (χ4v) is 14.9. The summed E-state index contributed by atoms with van der Waals surface area (Å²) in [5.41, 5.74) is 30.0. The molecule has 0 N–H and O–H groups in total. The smallest absolute Gasteiger partial charge is 0.100 e. The number of hydrogen-bond donors (Lipinski definition) is 0. The molecule has 6 nitrogen and oxygen atoms in total. The average molecular weight is 1230 g/mol. The van der Waals surface area contributed by atoms with Gasteiger partial charge < -0.3 is 13.7 Å². The van der Waals surface area contributed by atoms with E-state index in [1.807, 2.05) is 18.2 Å². The largest absolute Gasteiger partial charge is 0.309 e. The maximum absolute atomic E-state index is 12.6. The minimum Gasteiger partial charge on any atom is -0.309 e. The number of aliphatic imine (C=N–C) groups is 1. The monoisotopic (exact) mass is 1230 g/mol. The van der Waals surface area contributed by atoms with Gasteiger partial charge in [-0.15, -0.1) is 0 Å². The number of aromatic nitrogens is 4. The predicted molar refractivity (Wildman–Crippen MR) is 405 cm³/mol. The second kappa shape index (κ2) is 23.7. The van der Waals surface area contributed by atoms with Crippen molar-refractivity contribution in [1.29, 1.82) is 5.26 Å². The van der Waals surface area contributed by atoms with Crippen molar-refractivity contribution in [3.63, 3.8) is 0 Å². The molecule has 96 heavy (non-hydrogen) atoms. The third-order valence-electron chi connectivity index (χ3n) is 19.3. The van der Waals surface area contributed by atoms with E-state index >= 15 is 0 Å². The third-order valence-corrected chi connectivity index (χ3v) is 19.3. The molecule has 458 valence electrons. The van der Waals surface area contributed by atoms with E-state index in [2.05, 4.69) is 329 Å². The van der Waals surface area contributed by atoms with Gasteiger partial charge in [-0.25, -0.2) is 4.98 Å². The van der Waals surface area contributed by atoms with Crippen LogP contribution in [-0.2, 0) is 0 Å². The second-order valence-corrected chi connectivity index (χ2v) is 25.7. The first kappa shape index (κ1) is 58.9. The molecule has 0 aliphatic carbocycles. The van der Waals surface area contributed by atoms with Crippen LogP contribution in [0.3, 0.4) is 0 Å². The van der Waals surface area contributed by atoms with Crippen LogP contribution in [0.5, 0.6) is 0 Å². The molecular weight excluding hydrogens is 1170 g/mol. The van der Waals surface area contributed by atoms with Gasteiger partial charge in [-0.2, -0.15) is 5.26 Å². The van der Waals surface area contributed by atoms with E-state index in [1.165, 1.54) is 65.7 Å². The van der Waals surface area contributed by atoms with E-state index in [9.17, 15) is 5.26 Å². The predicted octanol–water partition coefficient (Wildman–Crippen LogP) is 23.7. The van der Waals surface area contributed by atoms with Gasteiger partial charge in [0.25, 0.3) is 0 Å². The van der Waals surface area contributed by atoms with Crippen LogP contribution < -0.4 is 0 Å². The first-order valence-electron chi connectivity index (χ1n) is 32.9. The molecule has 6 heteroatoms. The lowest BCUT2D eigenvalue weighted by molar-refractivity contribution is 1.18. The Balaban J connectivity index is 1.04. The molecule has 0 radical (unpaired) electrons. The molecule has 0 bridgehead atoms. The van der Waals surface area contributed by atoms with E-state index in [0.717, 1.165) is 128 Å². The summed E-state index contributed by atoms with van der Waals surface area (Å²) in [7, 11) is 0. The second-order valence-electron chi connectivity index (χ2n) is 25.7. The molecule has 12 aromatic carbocycles. The molecule has 0 unspecified atom stereocenters. The molecule has 16 rings (SSSR count). The van der Waals surface area contributed by atoms with Crippen molar-refractivity contribution in [2.75, 3.05) is 0 Å².